The quantitative estimate of drug-likeness (QED) is 0.0368. The Morgan fingerprint density at radius 1 is 0.264 bits per heavy atom. The molecule has 4 aliphatic rings. The number of hydrogen-bond donors (Lipinski definition) is 0. The monoisotopic (exact) mass is 1430 g/mol. The lowest BCUT2D eigenvalue weighted by atomic mass is 9.78. The fourth-order valence-electron chi connectivity index (χ4n) is 19.3. The molecule has 2 heterocycles. The van der Waals surface area contributed by atoms with E-state index in [1.165, 1.54) is 0 Å². The molecule has 2 saturated carbocycles. The first-order valence-corrected chi connectivity index (χ1v) is 39.2. The van der Waals surface area contributed by atoms with Crippen LogP contribution in [0.15, 0.2) is 303 Å². The predicted octanol–water partition coefficient (Wildman–Crippen LogP) is 24.5. The number of aryl methyl sites for hydroxylation is 2. The number of benzene rings is 15. The van der Waals surface area contributed by atoms with Crippen molar-refractivity contribution in [1.29, 1.82) is 0 Å². The maximum Gasteiger partial charge on any atom is 0.261 e. The van der Waals surface area contributed by atoms with Crippen LogP contribution in [0.5, 0.6) is 23.0 Å². The van der Waals surface area contributed by atoms with E-state index in [9.17, 15) is 0 Å². The fourth-order valence-corrected chi connectivity index (χ4v) is 19.3. The molecule has 0 bridgehead atoms. The molecule has 0 radical (unpaired) electrons. The van der Waals surface area contributed by atoms with E-state index in [-0.39, 0.29) is 59.4 Å². The van der Waals surface area contributed by atoms with Crippen molar-refractivity contribution < 1.29 is 28.7 Å². The Balaban J connectivity index is 0.962. The largest absolute Gasteiger partial charge is 0.456 e. The van der Waals surface area contributed by atoms with Crippen molar-refractivity contribution in [2.45, 2.75) is 114 Å². The highest BCUT2D eigenvalue weighted by atomic mass is 16.5. The van der Waals surface area contributed by atoms with Crippen LogP contribution in [0.2, 0.25) is 0 Å². The van der Waals surface area contributed by atoms with Crippen molar-refractivity contribution in [3.05, 3.63) is 403 Å². The number of hydrogen-bond acceptors (Lipinski definition) is 6. The van der Waals surface area contributed by atoms with Crippen LogP contribution in [0.25, 0.3) is 43.1 Å². The minimum Gasteiger partial charge on any atom is -0.456 e. The van der Waals surface area contributed by atoms with Gasteiger partial charge in [-0.05, 0) is 119 Å². The Morgan fingerprint density at radius 2 is 0.500 bits per heavy atom. The summed E-state index contributed by atoms with van der Waals surface area (Å²) >= 11 is 0. The minimum absolute atomic E-state index is 0.307. The third-order valence-electron chi connectivity index (χ3n) is 24.0. The predicted molar refractivity (Wildman–Crippen MR) is 440 cm³/mol. The summed E-state index contributed by atoms with van der Waals surface area (Å²) in [5, 5.41) is 4.92. The summed E-state index contributed by atoms with van der Waals surface area (Å²) in [6.07, 6.45) is 8.49. The fraction of sp³-hybridized carbons (Fsp3) is 0.176. The van der Waals surface area contributed by atoms with Gasteiger partial charge >= 0.3 is 0 Å². The van der Waals surface area contributed by atoms with E-state index < -0.39 is 0 Å². The van der Waals surface area contributed by atoms with Gasteiger partial charge in [-0.2, -0.15) is 0 Å². The minimum atomic E-state index is -0.369. The highest BCUT2D eigenvalue weighted by Gasteiger charge is 2.44. The first kappa shape index (κ1) is 68.0. The van der Waals surface area contributed by atoms with Gasteiger partial charge in [0.1, 0.15) is 23.0 Å². The van der Waals surface area contributed by atoms with E-state index in [4.69, 9.17) is 9.47 Å². The molecule has 0 N–H and O–H groups in total. The van der Waals surface area contributed by atoms with Crippen LogP contribution in [0.3, 0.4) is 0 Å². The van der Waals surface area contributed by atoms with Crippen molar-refractivity contribution in [3.8, 4) is 23.0 Å². The van der Waals surface area contributed by atoms with Crippen LogP contribution >= 0.6 is 0 Å². The van der Waals surface area contributed by atoms with E-state index in [1.807, 2.05) is 36.4 Å². The molecule has 2 fully saturated rings. The summed E-state index contributed by atoms with van der Waals surface area (Å²) in [6.45, 7) is 4.32. The summed E-state index contributed by atoms with van der Waals surface area (Å²) in [7, 11) is 0. The smallest absolute Gasteiger partial charge is 0.261 e. The topological polar surface area (TPSA) is 93.2 Å². The summed E-state index contributed by atoms with van der Waals surface area (Å²) < 4.78 is 16.7. The molecular formula is C102H82N2O6. The van der Waals surface area contributed by atoms with Crippen LogP contribution in [0.1, 0.15) is 207 Å². The number of amides is 4. The van der Waals surface area contributed by atoms with Crippen LogP contribution in [0.4, 0.5) is 0 Å². The number of carbonyl (C=O) groups excluding carboxylic acids is 4. The number of imide groups is 2. The van der Waals surface area contributed by atoms with Crippen molar-refractivity contribution in [3.63, 3.8) is 0 Å². The van der Waals surface area contributed by atoms with Crippen molar-refractivity contribution >= 4 is 66.7 Å². The Bertz CT molecular complexity index is 5300. The zero-order chi connectivity index (χ0) is 74.1. The average Bonchev–Trinajstić information content (AvgIpc) is 0.676. The van der Waals surface area contributed by atoms with Gasteiger partial charge in [-0.1, -0.05) is 329 Å². The van der Waals surface area contributed by atoms with Gasteiger partial charge in [-0.25, -0.2) is 0 Å². The second-order valence-corrected chi connectivity index (χ2v) is 30.7. The number of fused-ring (bicyclic) bond motifs is 2. The molecule has 0 unspecified atom stereocenters. The van der Waals surface area contributed by atoms with Gasteiger partial charge in [0.05, 0.1) is 11.1 Å². The van der Waals surface area contributed by atoms with Crippen LogP contribution < -0.4 is 9.47 Å². The molecule has 2 aliphatic carbocycles. The second-order valence-electron chi connectivity index (χ2n) is 30.7. The normalized spacial score (nSPS) is 14.9. The summed E-state index contributed by atoms with van der Waals surface area (Å²) in [6, 6.07) is 105. The summed E-state index contributed by atoms with van der Waals surface area (Å²) in [5.41, 5.74) is 15.8. The summed E-state index contributed by atoms with van der Waals surface area (Å²) in [4.78, 5) is 68.2. The third kappa shape index (κ3) is 11.7. The molecule has 4 amide bonds. The zero-order valence-corrected chi connectivity index (χ0v) is 61.7. The number of rotatable bonds is 18. The van der Waals surface area contributed by atoms with Gasteiger partial charge in [-0.15, -0.1) is 0 Å². The Kier molecular flexibility index (Phi) is 17.7. The number of ether oxygens (including phenoxy) is 2. The molecule has 15 aromatic carbocycles. The number of carbonyl (C=O) groups is 4. The van der Waals surface area contributed by atoms with Gasteiger partial charge in [0.2, 0.25) is 0 Å². The van der Waals surface area contributed by atoms with Crippen LogP contribution in [-0.4, -0.2) is 45.5 Å². The first-order valence-electron chi connectivity index (χ1n) is 39.2. The lowest BCUT2D eigenvalue weighted by molar-refractivity contribution is 0.0487. The van der Waals surface area contributed by atoms with Crippen LogP contribution in [0, 0.1) is 13.8 Å². The van der Waals surface area contributed by atoms with Crippen molar-refractivity contribution in [2.24, 2.45) is 0 Å². The third-order valence-corrected chi connectivity index (χ3v) is 24.0. The van der Waals surface area contributed by atoms with Gasteiger partial charge < -0.3 is 9.47 Å². The highest BCUT2D eigenvalue weighted by molar-refractivity contribution is 6.43. The molecule has 0 saturated heterocycles. The SMILES string of the molecule is Cc1cc(C(c2ccccc2)c2ccccc2)c(Oc2cc3c4c(ccc5c6c(Oc7c(C(c8ccccc8)c8ccccc8)cc(C)cc7C(c7ccccc7)c7ccccc7)cc7c8c(ccc(c2c45)c86)C(=O)N(C2CCCCC2)C7=O)C(=O)N(C2CCCCC2)C3=O)c(C(c2ccccc2)c2ccccc2)c1. The zero-order valence-electron chi connectivity index (χ0n) is 61.7. The molecule has 8 nitrogen and oxygen atoms in total. The molecule has 2 aliphatic heterocycles. The van der Waals surface area contributed by atoms with Crippen molar-refractivity contribution in [1.82, 2.24) is 9.80 Å². The lowest BCUT2D eigenvalue weighted by Crippen LogP contribution is -2.48. The maximum absolute atomic E-state index is 16.5. The van der Waals surface area contributed by atoms with E-state index in [0.29, 0.717) is 114 Å². The number of nitrogens with zero attached hydrogens (tertiary/aromatic N) is 2. The lowest BCUT2D eigenvalue weighted by Gasteiger charge is -2.37. The van der Waals surface area contributed by atoms with Gasteiger partial charge in [0.15, 0.2) is 0 Å². The molecule has 536 valence electrons. The molecule has 110 heavy (non-hydrogen) atoms. The summed E-state index contributed by atoms with van der Waals surface area (Å²) in [5.74, 6) is -0.855. The van der Waals surface area contributed by atoms with E-state index in [0.717, 1.165) is 116 Å². The maximum atomic E-state index is 16.5. The van der Waals surface area contributed by atoms with Gasteiger partial charge in [0, 0.05) is 101 Å². The van der Waals surface area contributed by atoms with Gasteiger partial charge in [-0.3, -0.25) is 29.0 Å². The van der Waals surface area contributed by atoms with Crippen LogP contribution in [-0.2, 0) is 0 Å². The standard InChI is InChI=1S/C102H82N2O6/c1-63-57-79(87(65-33-13-3-14-34-65)66-35-15-4-16-36-66)97(80(58-63)88(67-37-17-5-18-38-67)68-39-19-6-20-40-68)109-85-61-83-91-77(99(105)103(101(83)107)73-49-29-11-30-50-73)56-54-76-94-86(62-84-92-78(55-53-75(96(92)94)93(85)95(76)91)100(106)104(102(84)108)74-51-31-12-32-52-74)110-98-81(89(69-41-21-7-22-42-69)70-43-23-8-24-44-70)59-64(2)60-82(98)90(71-45-25-9-26-46-71)72-47-27-10-28-48-72/h3-10,13-28,33-48,53-62,73-74,87-90H,11-12,29-32,49-52H2,1-2H3. The molecular weight excluding hydrogens is 1350 g/mol. The van der Waals surface area contributed by atoms with Gasteiger partial charge in [0.25, 0.3) is 23.6 Å². The van der Waals surface area contributed by atoms with E-state index in [2.05, 4.69) is 281 Å². The molecule has 0 spiro atoms. The average molecular weight is 1430 g/mol. The Morgan fingerprint density at radius 3 is 0.745 bits per heavy atom. The molecule has 0 aromatic heterocycles. The van der Waals surface area contributed by atoms with Crippen molar-refractivity contribution in [2.75, 3.05) is 0 Å². The molecule has 8 heteroatoms. The first-order chi connectivity index (χ1) is 54.1. The van der Waals surface area contributed by atoms with E-state index >= 15 is 19.2 Å². The second kappa shape index (κ2) is 28.6. The molecule has 19 rings (SSSR count). The van der Waals surface area contributed by atoms with E-state index in [1.54, 1.807) is 9.80 Å². The Labute approximate surface area is 641 Å². The highest BCUT2D eigenvalue weighted by Crippen LogP contribution is 2.57. The Hall–Kier alpha value is -12.5. The molecule has 15 aromatic rings. The molecule has 0 atom stereocenters.